The summed E-state index contributed by atoms with van der Waals surface area (Å²) in [5, 5.41) is 0.684. The van der Waals surface area contributed by atoms with E-state index in [4.69, 9.17) is 30.5 Å². The summed E-state index contributed by atoms with van der Waals surface area (Å²) >= 11 is 6.27. The van der Waals surface area contributed by atoms with Gasteiger partial charge < -0.3 is 18.9 Å². The summed E-state index contributed by atoms with van der Waals surface area (Å²) in [6.07, 6.45) is 0.867. The fourth-order valence-corrected chi connectivity index (χ4v) is 3.75. The van der Waals surface area contributed by atoms with E-state index in [-0.39, 0.29) is 12.5 Å². The summed E-state index contributed by atoms with van der Waals surface area (Å²) < 4.78 is 22.4. The molecule has 0 saturated heterocycles. The number of hydrogen-bond donors (Lipinski definition) is 0. The smallest absolute Gasteiger partial charge is 0.269 e. The van der Waals surface area contributed by atoms with E-state index in [1.165, 1.54) is 0 Å². The predicted molar refractivity (Wildman–Crippen MR) is 133 cm³/mol. The standard InChI is InChI=1S/C26H29ClN2O5/c1-16-11-20(12-17(2)24(16)27)34-18(3)26(30)29(23-9-7-8-10-28-23)15-19-13-21(31-4)25(33-6)22(14-19)32-5/h7-14,18H,15H2,1-6H3/t18-/m0/s1. The zero-order valence-corrected chi connectivity index (χ0v) is 21.0. The zero-order chi connectivity index (χ0) is 24.8. The van der Waals surface area contributed by atoms with E-state index in [0.717, 1.165) is 16.7 Å². The lowest BCUT2D eigenvalue weighted by atomic mass is 10.1. The first-order chi connectivity index (χ1) is 16.3. The highest BCUT2D eigenvalue weighted by atomic mass is 35.5. The van der Waals surface area contributed by atoms with Gasteiger partial charge >= 0.3 is 0 Å². The Kier molecular flexibility index (Phi) is 8.23. The third kappa shape index (κ3) is 5.54. The molecule has 0 aliphatic rings. The maximum atomic E-state index is 13.6. The second-order valence-electron chi connectivity index (χ2n) is 7.78. The van der Waals surface area contributed by atoms with E-state index in [1.807, 2.05) is 44.2 Å². The van der Waals surface area contributed by atoms with Gasteiger partial charge in [0.2, 0.25) is 5.75 Å². The molecule has 0 fully saturated rings. The number of ether oxygens (including phenoxy) is 4. The molecule has 0 N–H and O–H groups in total. The van der Waals surface area contributed by atoms with E-state index in [0.29, 0.717) is 33.8 Å². The number of nitrogens with zero attached hydrogens (tertiary/aromatic N) is 2. The number of benzene rings is 2. The van der Waals surface area contributed by atoms with Crippen molar-refractivity contribution in [1.29, 1.82) is 0 Å². The Balaban J connectivity index is 1.94. The maximum absolute atomic E-state index is 13.6. The van der Waals surface area contributed by atoms with Crippen molar-refractivity contribution in [2.45, 2.75) is 33.4 Å². The number of amides is 1. The summed E-state index contributed by atoms with van der Waals surface area (Å²) in [6.45, 7) is 5.74. The number of carbonyl (C=O) groups excluding carboxylic acids is 1. The van der Waals surface area contributed by atoms with Crippen LogP contribution in [-0.2, 0) is 11.3 Å². The van der Waals surface area contributed by atoms with E-state index < -0.39 is 6.10 Å². The molecule has 1 heterocycles. The van der Waals surface area contributed by atoms with E-state index in [9.17, 15) is 4.79 Å². The molecule has 1 aromatic heterocycles. The molecule has 0 saturated carbocycles. The number of pyridine rings is 1. The summed E-state index contributed by atoms with van der Waals surface area (Å²) in [7, 11) is 4.65. The van der Waals surface area contributed by atoms with E-state index in [1.54, 1.807) is 51.5 Å². The minimum atomic E-state index is -0.774. The molecule has 0 bridgehead atoms. The van der Waals surface area contributed by atoms with Crippen LogP contribution in [0.3, 0.4) is 0 Å². The van der Waals surface area contributed by atoms with Crippen LogP contribution in [0.2, 0.25) is 5.02 Å². The monoisotopic (exact) mass is 484 g/mol. The average molecular weight is 485 g/mol. The van der Waals surface area contributed by atoms with Crippen molar-refractivity contribution in [3.8, 4) is 23.0 Å². The third-order valence-electron chi connectivity index (χ3n) is 5.33. The van der Waals surface area contributed by atoms with Gasteiger partial charge in [-0.1, -0.05) is 17.7 Å². The first-order valence-electron chi connectivity index (χ1n) is 10.7. The van der Waals surface area contributed by atoms with Crippen LogP contribution in [-0.4, -0.2) is 38.3 Å². The molecule has 8 heteroatoms. The molecule has 3 aromatic rings. The minimum Gasteiger partial charge on any atom is -0.493 e. The highest BCUT2D eigenvalue weighted by molar-refractivity contribution is 6.32. The Morgan fingerprint density at radius 2 is 1.62 bits per heavy atom. The molecule has 0 aliphatic carbocycles. The predicted octanol–water partition coefficient (Wildman–Crippen LogP) is 5.38. The van der Waals surface area contributed by atoms with Gasteiger partial charge in [-0.05, 0) is 73.9 Å². The van der Waals surface area contributed by atoms with Gasteiger partial charge in [0.1, 0.15) is 11.6 Å². The molecule has 34 heavy (non-hydrogen) atoms. The van der Waals surface area contributed by atoms with Gasteiger partial charge in [-0.3, -0.25) is 9.69 Å². The third-order valence-corrected chi connectivity index (χ3v) is 5.92. The highest BCUT2D eigenvalue weighted by Crippen LogP contribution is 2.38. The lowest BCUT2D eigenvalue weighted by Gasteiger charge is -2.26. The molecule has 180 valence electrons. The second-order valence-corrected chi connectivity index (χ2v) is 8.16. The van der Waals surface area contributed by atoms with Crippen LogP contribution in [0.4, 0.5) is 5.82 Å². The van der Waals surface area contributed by atoms with Crippen LogP contribution < -0.4 is 23.8 Å². The van der Waals surface area contributed by atoms with Crippen LogP contribution in [0.15, 0.2) is 48.7 Å². The summed E-state index contributed by atoms with van der Waals surface area (Å²) in [6, 6.07) is 12.7. The Morgan fingerprint density at radius 3 is 2.12 bits per heavy atom. The number of rotatable bonds is 9. The molecule has 0 unspecified atom stereocenters. The van der Waals surface area contributed by atoms with Crippen LogP contribution in [0.5, 0.6) is 23.0 Å². The van der Waals surface area contributed by atoms with Gasteiger partial charge in [-0.2, -0.15) is 0 Å². The molecule has 1 atom stereocenters. The molecule has 0 radical (unpaired) electrons. The topological polar surface area (TPSA) is 70.1 Å². The minimum absolute atomic E-state index is 0.221. The van der Waals surface area contributed by atoms with Crippen molar-refractivity contribution in [2.75, 3.05) is 26.2 Å². The number of halogens is 1. The van der Waals surface area contributed by atoms with Crippen molar-refractivity contribution in [1.82, 2.24) is 4.98 Å². The molecule has 1 amide bonds. The van der Waals surface area contributed by atoms with Crippen LogP contribution in [0.1, 0.15) is 23.6 Å². The number of aryl methyl sites for hydroxylation is 2. The van der Waals surface area contributed by atoms with Gasteiger partial charge in [0.05, 0.1) is 27.9 Å². The van der Waals surface area contributed by atoms with Crippen molar-refractivity contribution in [2.24, 2.45) is 0 Å². The number of aromatic nitrogens is 1. The number of methoxy groups -OCH3 is 3. The molecular formula is C26H29ClN2O5. The van der Waals surface area contributed by atoms with Crippen molar-refractivity contribution in [3.05, 3.63) is 70.4 Å². The zero-order valence-electron chi connectivity index (χ0n) is 20.2. The second kappa shape index (κ2) is 11.1. The normalized spacial score (nSPS) is 11.5. The maximum Gasteiger partial charge on any atom is 0.269 e. The van der Waals surface area contributed by atoms with Gasteiger partial charge in [-0.15, -0.1) is 0 Å². The van der Waals surface area contributed by atoms with Gasteiger partial charge in [0.25, 0.3) is 5.91 Å². The summed E-state index contributed by atoms with van der Waals surface area (Å²) in [4.78, 5) is 19.5. The number of hydrogen-bond acceptors (Lipinski definition) is 6. The van der Waals surface area contributed by atoms with Crippen LogP contribution >= 0.6 is 11.6 Å². The highest BCUT2D eigenvalue weighted by Gasteiger charge is 2.26. The van der Waals surface area contributed by atoms with Crippen LogP contribution in [0.25, 0.3) is 0 Å². The fourth-order valence-electron chi connectivity index (χ4n) is 3.64. The largest absolute Gasteiger partial charge is 0.493 e. The Bertz CT molecular complexity index is 1110. The van der Waals surface area contributed by atoms with E-state index >= 15 is 0 Å². The first kappa shape index (κ1) is 25.2. The van der Waals surface area contributed by atoms with Crippen molar-refractivity contribution < 1.29 is 23.7 Å². The van der Waals surface area contributed by atoms with Crippen molar-refractivity contribution >= 4 is 23.3 Å². The molecule has 0 spiro atoms. The van der Waals surface area contributed by atoms with Gasteiger partial charge in [0, 0.05) is 11.2 Å². The lowest BCUT2D eigenvalue weighted by Crippen LogP contribution is -2.40. The summed E-state index contributed by atoms with van der Waals surface area (Å²) in [5.41, 5.74) is 2.55. The van der Waals surface area contributed by atoms with E-state index in [2.05, 4.69) is 4.98 Å². The number of anilines is 1. The molecular weight excluding hydrogens is 456 g/mol. The first-order valence-corrected chi connectivity index (χ1v) is 11.1. The SMILES string of the molecule is COc1cc(CN(C(=O)[C@H](C)Oc2cc(C)c(Cl)c(C)c2)c2ccccn2)cc(OC)c1OC. The van der Waals surface area contributed by atoms with Gasteiger partial charge in [-0.25, -0.2) is 4.98 Å². The lowest BCUT2D eigenvalue weighted by molar-refractivity contribution is -0.124. The molecule has 7 nitrogen and oxygen atoms in total. The quantitative estimate of drug-likeness (QED) is 0.406. The Labute approximate surface area is 205 Å². The van der Waals surface area contributed by atoms with Crippen molar-refractivity contribution in [3.63, 3.8) is 0 Å². The summed E-state index contributed by atoms with van der Waals surface area (Å²) in [5.74, 6) is 2.31. The fraction of sp³-hybridized carbons (Fsp3) is 0.308. The molecule has 0 aliphatic heterocycles. The Morgan fingerprint density at radius 1 is 1.00 bits per heavy atom. The number of carbonyl (C=O) groups is 1. The molecule has 3 rings (SSSR count). The van der Waals surface area contributed by atoms with Gasteiger partial charge in [0.15, 0.2) is 17.6 Å². The van der Waals surface area contributed by atoms with Crippen LogP contribution in [0, 0.1) is 13.8 Å². The Hall–Kier alpha value is -3.45. The molecule has 2 aromatic carbocycles. The average Bonchev–Trinajstić information content (AvgIpc) is 2.85.